The third-order valence-electron chi connectivity index (χ3n) is 3.98. The van der Waals surface area contributed by atoms with Gasteiger partial charge in [0.2, 0.25) is 0 Å². The van der Waals surface area contributed by atoms with Gasteiger partial charge in [0, 0.05) is 31.5 Å². The van der Waals surface area contributed by atoms with Crippen LogP contribution in [0.4, 0.5) is 23.2 Å². The predicted molar refractivity (Wildman–Crippen MR) is 95.6 cm³/mol. The largest absolute Gasteiger partial charge is 0.434 e. The average Bonchev–Trinajstić information content (AvgIpc) is 3.05. The highest BCUT2D eigenvalue weighted by Gasteiger charge is 2.34. The van der Waals surface area contributed by atoms with E-state index < -0.39 is 17.7 Å². The predicted octanol–water partition coefficient (Wildman–Crippen LogP) is 4.72. The quantitative estimate of drug-likeness (QED) is 0.374. The zero-order chi connectivity index (χ0) is 20.5. The van der Waals surface area contributed by atoms with Crippen molar-refractivity contribution in [2.45, 2.75) is 12.7 Å². The molecule has 2 aromatic heterocycles. The molecule has 2 heterocycles. The highest BCUT2D eigenvalue weighted by Crippen LogP contribution is 2.30. The molecule has 5 nitrogen and oxygen atoms in total. The number of nitrogens with one attached hydrogen (secondary N) is 1. The van der Waals surface area contributed by atoms with Gasteiger partial charge in [0.1, 0.15) is 5.82 Å². The summed E-state index contributed by atoms with van der Waals surface area (Å²) in [6, 6.07) is 6.53. The Morgan fingerprint density at radius 2 is 1.93 bits per heavy atom. The minimum absolute atomic E-state index is 0.0196. The molecule has 1 aromatic carbocycles. The molecule has 0 fully saturated rings. The number of nitrogens with zero attached hydrogens (tertiary/aromatic N) is 3. The lowest BCUT2D eigenvalue weighted by Crippen LogP contribution is -2.06. The fourth-order valence-corrected chi connectivity index (χ4v) is 2.72. The molecule has 0 amide bonds. The Kier molecular flexibility index (Phi) is 5.37. The van der Waals surface area contributed by atoms with E-state index in [1.54, 1.807) is 24.3 Å². The topological polar surface area (TPSA) is 59.8 Å². The Labute approximate surface area is 162 Å². The maximum atomic E-state index is 14.1. The Hall–Kier alpha value is -2.94. The fraction of sp³-hybridized carbons (Fsp3) is 0.167. The molecule has 0 aliphatic carbocycles. The first kappa shape index (κ1) is 19.8. The van der Waals surface area contributed by atoms with Crippen LogP contribution in [-0.4, -0.2) is 20.8 Å². The van der Waals surface area contributed by atoms with Gasteiger partial charge in [0.25, 0.3) is 0 Å². The Morgan fingerprint density at radius 3 is 2.50 bits per heavy atom. The minimum Gasteiger partial charge on any atom is -0.378 e. The lowest BCUT2D eigenvalue weighted by atomic mass is 10.1. The van der Waals surface area contributed by atoms with E-state index in [4.69, 9.17) is 11.6 Å². The van der Waals surface area contributed by atoms with Crippen LogP contribution >= 0.6 is 11.6 Å². The van der Waals surface area contributed by atoms with Crippen molar-refractivity contribution in [3.8, 4) is 11.4 Å². The van der Waals surface area contributed by atoms with Gasteiger partial charge in [-0.3, -0.25) is 4.79 Å². The van der Waals surface area contributed by atoms with Gasteiger partial charge >= 0.3 is 6.18 Å². The number of aromatic nitrogens is 3. The first-order valence-corrected chi connectivity index (χ1v) is 8.31. The number of halogens is 5. The van der Waals surface area contributed by atoms with E-state index >= 15 is 0 Å². The first-order chi connectivity index (χ1) is 13.2. The molecule has 10 heteroatoms. The summed E-state index contributed by atoms with van der Waals surface area (Å²) in [4.78, 5) is 18.2. The SMILES string of the molecule is Cn1cc(C(F)(F)F)nc1-c1ccc(CNc2c(C=O)cnc(Cl)c2F)cc1. The molecule has 0 unspecified atom stereocenters. The second-order valence-corrected chi connectivity index (χ2v) is 6.28. The smallest absolute Gasteiger partial charge is 0.378 e. The monoisotopic (exact) mass is 412 g/mol. The van der Waals surface area contributed by atoms with Gasteiger partial charge in [0.15, 0.2) is 23.0 Å². The van der Waals surface area contributed by atoms with Crippen LogP contribution in [0.5, 0.6) is 0 Å². The van der Waals surface area contributed by atoms with Crippen molar-refractivity contribution in [3.63, 3.8) is 0 Å². The lowest BCUT2D eigenvalue weighted by molar-refractivity contribution is -0.140. The van der Waals surface area contributed by atoms with Gasteiger partial charge in [-0.2, -0.15) is 13.2 Å². The summed E-state index contributed by atoms with van der Waals surface area (Å²) in [5, 5.41) is 2.42. The molecule has 0 bridgehead atoms. The van der Waals surface area contributed by atoms with Crippen LogP contribution in [0, 0.1) is 5.82 Å². The van der Waals surface area contributed by atoms with Gasteiger partial charge in [-0.15, -0.1) is 0 Å². The van der Waals surface area contributed by atoms with Crippen LogP contribution in [0.25, 0.3) is 11.4 Å². The second-order valence-electron chi connectivity index (χ2n) is 5.92. The van der Waals surface area contributed by atoms with Crippen molar-refractivity contribution in [3.05, 3.63) is 64.5 Å². The standard InChI is InChI=1S/C18H13ClF4N4O/c1-27-8-13(18(21,22)23)26-17(27)11-4-2-10(3-5-11)6-24-15-12(9-28)7-25-16(19)14(15)20/h2-5,7-9H,6H2,1H3,(H,24,25). The number of benzene rings is 1. The van der Waals surface area contributed by atoms with E-state index in [0.29, 0.717) is 17.4 Å². The number of aldehydes is 1. The van der Waals surface area contributed by atoms with Crippen molar-refractivity contribution in [1.82, 2.24) is 14.5 Å². The minimum atomic E-state index is -4.52. The van der Waals surface area contributed by atoms with Crippen LogP contribution < -0.4 is 5.32 Å². The number of carbonyl (C=O) groups is 1. The van der Waals surface area contributed by atoms with Crippen LogP contribution in [0.3, 0.4) is 0 Å². The number of aryl methyl sites for hydroxylation is 1. The summed E-state index contributed by atoms with van der Waals surface area (Å²) in [5.41, 5.74) is 0.179. The molecule has 3 aromatic rings. The molecule has 0 aliphatic heterocycles. The Balaban J connectivity index is 1.79. The van der Waals surface area contributed by atoms with Gasteiger partial charge in [-0.25, -0.2) is 14.4 Å². The van der Waals surface area contributed by atoms with Crippen molar-refractivity contribution < 1.29 is 22.4 Å². The summed E-state index contributed by atoms with van der Waals surface area (Å²) in [6.07, 6.45) is -1.99. The van der Waals surface area contributed by atoms with Crippen LogP contribution in [0.15, 0.2) is 36.7 Å². The molecule has 0 saturated heterocycles. The molecule has 0 aliphatic rings. The zero-order valence-electron chi connectivity index (χ0n) is 14.4. The van der Waals surface area contributed by atoms with Crippen molar-refractivity contribution in [1.29, 1.82) is 0 Å². The third kappa shape index (κ3) is 3.99. The molecule has 0 atom stereocenters. The molecule has 28 heavy (non-hydrogen) atoms. The van der Waals surface area contributed by atoms with Crippen LogP contribution in [0.1, 0.15) is 21.6 Å². The van der Waals surface area contributed by atoms with Crippen molar-refractivity contribution in [2.24, 2.45) is 7.05 Å². The van der Waals surface area contributed by atoms with E-state index in [9.17, 15) is 22.4 Å². The number of hydrogen-bond acceptors (Lipinski definition) is 4. The van der Waals surface area contributed by atoms with Gasteiger partial charge in [0.05, 0.1) is 11.3 Å². The first-order valence-electron chi connectivity index (χ1n) is 7.93. The zero-order valence-corrected chi connectivity index (χ0v) is 15.1. The summed E-state index contributed by atoms with van der Waals surface area (Å²) in [6.45, 7) is 0.159. The number of anilines is 1. The number of hydrogen-bond donors (Lipinski definition) is 1. The number of alkyl halides is 3. The molecule has 0 radical (unpaired) electrons. The van der Waals surface area contributed by atoms with E-state index in [2.05, 4.69) is 15.3 Å². The highest BCUT2D eigenvalue weighted by molar-refractivity contribution is 6.30. The Morgan fingerprint density at radius 1 is 1.25 bits per heavy atom. The molecule has 3 rings (SSSR count). The van der Waals surface area contributed by atoms with Crippen LogP contribution in [-0.2, 0) is 19.8 Å². The summed E-state index contributed by atoms with van der Waals surface area (Å²) in [7, 11) is 1.48. The molecular formula is C18H13ClF4N4O. The molecule has 146 valence electrons. The van der Waals surface area contributed by atoms with Crippen LogP contribution in [0.2, 0.25) is 5.15 Å². The van der Waals surface area contributed by atoms with Crippen molar-refractivity contribution >= 4 is 23.6 Å². The average molecular weight is 413 g/mol. The normalized spacial score (nSPS) is 11.5. The third-order valence-corrected chi connectivity index (χ3v) is 4.24. The van der Waals surface area contributed by atoms with Gasteiger partial charge < -0.3 is 9.88 Å². The number of carbonyl (C=O) groups excluding carboxylic acids is 1. The van der Waals surface area contributed by atoms with E-state index in [0.717, 1.165) is 12.4 Å². The molecule has 0 saturated carbocycles. The van der Waals surface area contributed by atoms with Gasteiger partial charge in [-0.05, 0) is 5.56 Å². The summed E-state index contributed by atoms with van der Waals surface area (Å²) < 4.78 is 53.7. The number of imidazole rings is 1. The molecular weight excluding hydrogens is 400 g/mol. The molecule has 0 spiro atoms. The van der Waals surface area contributed by atoms with E-state index in [1.807, 2.05) is 0 Å². The number of pyridine rings is 1. The van der Waals surface area contributed by atoms with E-state index in [1.165, 1.54) is 11.6 Å². The highest BCUT2D eigenvalue weighted by atomic mass is 35.5. The maximum Gasteiger partial charge on any atom is 0.434 e. The Bertz CT molecular complexity index is 1020. The summed E-state index contributed by atoms with van der Waals surface area (Å²) >= 11 is 5.63. The van der Waals surface area contributed by atoms with Gasteiger partial charge in [-0.1, -0.05) is 35.9 Å². The van der Waals surface area contributed by atoms with E-state index in [-0.39, 0.29) is 28.8 Å². The summed E-state index contributed by atoms with van der Waals surface area (Å²) in [5.74, 6) is -0.669. The fourth-order valence-electron chi connectivity index (χ4n) is 2.58. The number of rotatable bonds is 5. The second kappa shape index (κ2) is 7.59. The lowest BCUT2D eigenvalue weighted by Gasteiger charge is -2.11. The molecule has 1 N–H and O–H groups in total. The maximum absolute atomic E-state index is 14.1. The van der Waals surface area contributed by atoms with Crippen molar-refractivity contribution in [2.75, 3.05) is 5.32 Å².